The molecule has 0 aliphatic carbocycles. The first kappa shape index (κ1) is 101. The number of β-amino-alcohol motifs (C(OH)–C–C–N with tert-alkyl or cyclic N) is 3. The summed E-state index contributed by atoms with van der Waals surface area (Å²) in [5.41, 5.74) is 23.3. The van der Waals surface area contributed by atoms with Crippen molar-refractivity contribution >= 4 is 185 Å². The number of aliphatic carboxylic acids is 1. The quantitative estimate of drug-likeness (QED) is 0.0251. The summed E-state index contributed by atoms with van der Waals surface area (Å²) in [5.74, 6) is -1.00. The average Bonchev–Trinajstić information content (AvgIpc) is 1.64. The van der Waals surface area contributed by atoms with E-state index >= 15 is 0 Å². The van der Waals surface area contributed by atoms with E-state index < -0.39 is 24.3 Å². The molecular weight excluding hydrogens is 1930 g/mol. The van der Waals surface area contributed by atoms with Crippen LogP contribution in [0.1, 0.15) is 50.9 Å². The van der Waals surface area contributed by atoms with E-state index in [1.807, 2.05) is 43.3 Å². The third-order valence-corrected chi connectivity index (χ3v) is 28.2. The van der Waals surface area contributed by atoms with Gasteiger partial charge in [0.05, 0.1) is 82.9 Å². The van der Waals surface area contributed by atoms with Crippen molar-refractivity contribution in [2.45, 2.75) is 132 Å². The molecule has 9 heterocycles. The van der Waals surface area contributed by atoms with Crippen molar-refractivity contribution in [1.82, 2.24) is 63.4 Å². The predicted molar refractivity (Wildman–Crippen MR) is 575 cm³/mol. The van der Waals surface area contributed by atoms with E-state index in [2.05, 4.69) is 329 Å². The van der Waals surface area contributed by atoms with Crippen molar-refractivity contribution in [2.75, 3.05) is 124 Å². The number of carboxylic acids is 1. The van der Waals surface area contributed by atoms with Crippen molar-refractivity contribution in [1.29, 1.82) is 0 Å². The summed E-state index contributed by atoms with van der Waals surface area (Å²) in [6.07, 6.45) is -2.31. The van der Waals surface area contributed by atoms with Crippen LogP contribution in [-0.2, 0) is 44.1 Å². The number of fused-ring (bicyclic) bond motifs is 18. The van der Waals surface area contributed by atoms with Crippen LogP contribution < -0.4 is 21.3 Å². The van der Waals surface area contributed by atoms with E-state index in [0.717, 1.165) is 176 Å². The van der Waals surface area contributed by atoms with Gasteiger partial charge in [-0.1, -0.05) is 141 Å². The van der Waals surface area contributed by atoms with E-state index in [1.54, 1.807) is 6.07 Å². The highest BCUT2D eigenvalue weighted by atomic mass is 79.9. The van der Waals surface area contributed by atoms with Crippen LogP contribution in [0.3, 0.4) is 0 Å². The Balaban J connectivity index is 0.000000120. The van der Waals surface area contributed by atoms with Gasteiger partial charge in [-0.2, -0.15) is 0 Å². The molecule has 0 bridgehead atoms. The monoisotopic (exact) mass is 2060 g/mol. The van der Waals surface area contributed by atoms with Gasteiger partial charge in [-0.25, -0.2) is 4.39 Å². The number of rotatable bonds is 24. The average molecular weight is 2060 g/mol. The summed E-state index contributed by atoms with van der Waals surface area (Å²) in [7, 11) is 0. The lowest BCUT2D eigenvalue weighted by atomic mass is 10.1. The molecule has 0 radical (unpaired) electrons. The molecule has 6 aromatic heterocycles. The number of nitrogens with zero attached hydrogens (tertiary/aromatic N) is 9. The summed E-state index contributed by atoms with van der Waals surface area (Å²) in [5, 5.41) is 106. The fourth-order valence-electron chi connectivity index (χ4n) is 20.1. The Bertz CT molecular complexity index is 6640. The molecule has 12 N–H and O–H groups in total. The van der Waals surface area contributed by atoms with Crippen LogP contribution in [0.15, 0.2) is 232 Å². The molecule has 5 atom stereocenters. The predicted octanol–water partition coefficient (Wildman–Crippen LogP) is 18.2. The third kappa shape index (κ3) is 24.0. The summed E-state index contributed by atoms with van der Waals surface area (Å²) >= 11 is 10.6. The van der Waals surface area contributed by atoms with Crippen molar-refractivity contribution in [3.8, 4) is 0 Å². The van der Waals surface area contributed by atoms with E-state index in [0.29, 0.717) is 58.9 Å². The van der Waals surface area contributed by atoms with Crippen LogP contribution in [0.5, 0.6) is 0 Å². The smallest absolute Gasteiger partial charge is 0.305 e. The van der Waals surface area contributed by atoms with Gasteiger partial charge in [0.1, 0.15) is 5.82 Å². The molecular formula is C112H129Br3FN13O9. The maximum Gasteiger partial charge on any atom is 0.305 e. The van der Waals surface area contributed by atoms with Crippen LogP contribution in [-0.4, -0.2) is 244 Å². The van der Waals surface area contributed by atoms with E-state index in [-0.39, 0.29) is 37.7 Å². The van der Waals surface area contributed by atoms with Gasteiger partial charge in [-0.05, 0) is 225 Å². The van der Waals surface area contributed by atoms with Gasteiger partial charge < -0.3 is 89.5 Å². The number of aromatic nitrogens is 6. The topological polar surface area (TPSA) is 266 Å². The van der Waals surface area contributed by atoms with Crippen molar-refractivity contribution in [3.05, 3.63) is 282 Å². The first-order valence-electron chi connectivity index (χ1n) is 48.2. The summed E-state index contributed by atoms with van der Waals surface area (Å²) in [6.45, 7) is 34.9. The minimum Gasteiger partial charge on any atom is -0.481 e. The zero-order chi connectivity index (χ0) is 97.1. The Morgan fingerprint density at radius 2 is 0.536 bits per heavy atom. The molecule has 0 spiro atoms. The van der Waals surface area contributed by atoms with E-state index in [9.17, 15) is 34.7 Å². The second kappa shape index (κ2) is 46.0. The van der Waals surface area contributed by atoms with Gasteiger partial charge in [0.25, 0.3) is 0 Å². The second-order valence-electron chi connectivity index (χ2n) is 37.7. The maximum atomic E-state index is 13.8. The molecule has 18 aromatic rings. The molecule has 3 saturated heterocycles. The van der Waals surface area contributed by atoms with Crippen LogP contribution in [0.2, 0.25) is 0 Å². The highest BCUT2D eigenvalue weighted by molar-refractivity contribution is 9.11. The standard InChI is InChI=1S/2C21H27N3O.C20H24FN3O.C18H21BrN2O2.C16H16BrNO2.C16H14BrNO2/c2*1-15-3-5-20-18(11-15)19-12-16(2)4-6-21(19)24(20)14-17(25)13-23-9-7-22-8-10-23;1-14-2-4-19-17(10-14)18-11-15(21)3-5-20(18)24(19)13-16(25)12-23-8-6-22-7-9-23;1-12-2-4-17-15(8-12)16-9-13(19)3-5-18(16)21(17)11-14(23)10-20-6-7-22;1-10-2-4-15-13(6-10)14-7-11(17)3-5-16(14)18(15)8-12(20)9-19;1-10-2-4-14-12(8-10)13-9-11(17)3-5-15(13)18(14)7-6-16(19)20/h2*3-6,11-12,17,22,25H,7-10,13-14H2,1-2H3;2-5,10-11,16,22,25H,6-9,12-13H2,1H3;2-5,8-9,14,20,22-23H,6-7,10-11H2,1H3;2-7,12,19-20H,8-9H2,1H3;2-5,8-9H,6-7H2,1H3,(H,19,20). The van der Waals surface area contributed by atoms with E-state index in [4.69, 9.17) is 15.3 Å². The van der Waals surface area contributed by atoms with Crippen LogP contribution >= 0.6 is 47.8 Å². The molecule has 3 fully saturated rings. The first-order valence-corrected chi connectivity index (χ1v) is 50.5. The molecule has 26 heteroatoms. The van der Waals surface area contributed by atoms with Gasteiger partial charge in [0, 0.05) is 262 Å². The highest BCUT2D eigenvalue weighted by Gasteiger charge is 2.25. The molecule has 3 aliphatic rings. The van der Waals surface area contributed by atoms with Crippen LogP contribution in [0, 0.1) is 61.2 Å². The normalized spacial score (nSPS) is 15.2. The number of hydrogen-bond acceptors (Lipinski definition) is 15. The Kier molecular flexibility index (Phi) is 33.5. The van der Waals surface area contributed by atoms with Gasteiger partial charge in [0.15, 0.2) is 0 Å². The van der Waals surface area contributed by atoms with E-state index in [1.165, 1.54) is 110 Å². The number of aryl methyl sites for hydroxylation is 9. The van der Waals surface area contributed by atoms with Crippen LogP contribution in [0.4, 0.5) is 4.39 Å². The highest BCUT2D eigenvalue weighted by Crippen LogP contribution is 2.39. The van der Waals surface area contributed by atoms with Gasteiger partial charge >= 0.3 is 5.97 Å². The first-order chi connectivity index (χ1) is 66.6. The molecule has 22 nitrogen and oxygen atoms in total. The third-order valence-electron chi connectivity index (χ3n) is 26.7. The molecule has 0 amide bonds. The van der Waals surface area contributed by atoms with Gasteiger partial charge in [-0.3, -0.25) is 19.5 Å². The minimum atomic E-state index is -0.774. The molecule has 138 heavy (non-hydrogen) atoms. The fraction of sp³-hybridized carbons (Fsp3) is 0.348. The molecule has 21 rings (SSSR count). The Labute approximate surface area is 830 Å². The zero-order valence-electron chi connectivity index (χ0n) is 80.1. The Hall–Kier alpha value is -10.3. The SMILES string of the molecule is Cc1ccc2c(c1)c1cc(Br)ccc1n2CC(O)CNCCO.Cc1ccc2c(c1)c1cc(Br)ccc1n2CC(O)CO.Cc1ccc2c(c1)c1cc(Br)ccc1n2CCC(=O)O.Cc1ccc2c(c1)c1cc(C)ccc1n2CC(O)CN1CCNCC1.Cc1ccc2c(c1)c1cc(C)ccc1n2CC(O)CN1CCNCC1.Cc1ccc2c(c1)c1cc(F)ccc1n2CC(O)CN1CCNCC1. The largest absolute Gasteiger partial charge is 0.481 e. The van der Waals surface area contributed by atoms with Crippen molar-refractivity contribution < 1.29 is 50.0 Å². The number of aliphatic hydroxyl groups excluding tert-OH is 7. The molecule has 3 aliphatic heterocycles. The maximum absolute atomic E-state index is 13.8. The lowest BCUT2D eigenvalue weighted by Gasteiger charge is -2.29. The summed E-state index contributed by atoms with van der Waals surface area (Å²) < 4.78 is 29.9. The number of carboxylic acid groups (broad SMARTS) is 1. The van der Waals surface area contributed by atoms with Crippen molar-refractivity contribution in [3.63, 3.8) is 0 Å². The zero-order valence-corrected chi connectivity index (χ0v) is 84.8. The Morgan fingerprint density at radius 3 is 0.790 bits per heavy atom. The number of halogens is 4. The number of aliphatic hydroxyl groups is 7. The molecule has 5 unspecified atom stereocenters. The Morgan fingerprint density at radius 1 is 0.312 bits per heavy atom. The number of hydrogen-bond donors (Lipinski definition) is 12. The number of nitrogens with one attached hydrogen (secondary N) is 4. The summed E-state index contributed by atoms with van der Waals surface area (Å²) in [6, 6.07) is 75.1. The number of benzene rings is 12. The second-order valence-corrected chi connectivity index (χ2v) is 40.4. The van der Waals surface area contributed by atoms with Gasteiger partial charge in [-0.15, -0.1) is 0 Å². The van der Waals surface area contributed by atoms with Crippen LogP contribution in [0.25, 0.3) is 131 Å². The summed E-state index contributed by atoms with van der Waals surface area (Å²) in [4.78, 5) is 17.8. The molecule has 0 saturated carbocycles. The molecule has 724 valence electrons. The lowest BCUT2D eigenvalue weighted by molar-refractivity contribution is -0.137. The molecule has 12 aromatic carbocycles. The fourth-order valence-corrected chi connectivity index (χ4v) is 21.2. The number of piperazine rings is 3. The minimum absolute atomic E-state index is 0.0788. The number of carbonyl (C=O) groups is 1. The van der Waals surface area contributed by atoms with Crippen molar-refractivity contribution in [2.24, 2.45) is 0 Å². The lowest BCUT2D eigenvalue weighted by Crippen LogP contribution is -2.46. The van der Waals surface area contributed by atoms with Gasteiger partial charge in [0.2, 0.25) is 0 Å².